The molecular formula is C26H17BrF6N2O3. The summed E-state index contributed by atoms with van der Waals surface area (Å²) in [4.78, 5) is 27.1. The van der Waals surface area contributed by atoms with Gasteiger partial charge < -0.3 is 4.74 Å². The number of benzene rings is 3. The minimum absolute atomic E-state index is 0.0168. The molecule has 0 spiro atoms. The predicted molar refractivity (Wildman–Crippen MR) is 127 cm³/mol. The number of carbonyl (C=O) groups excluding carboxylic acids is 2. The average molecular weight is 599 g/mol. The van der Waals surface area contributed by atoms with Crippen molar-refractivity contribution in [1.29, 1.82) is 0 Å². The topological polar surface area (TPSA) is 49.9 Å². The summed E-state index contributed by atoms with van der Waals surface area (Å²) in [5.74, 6) is -7.13. The van der Waals surface area contributed by atoms with Gasteiger partial charge in [-0.25, -0.2) is 26.3 Å². The second kappa shape index (κ2) is 11.3. The van der Waals surface area contributed by atoms with E-state index >= 15 is 0 Å². The van der Waals surface area contributed by atoms with Crippen LogP contribution in [0.5, 0.6) is 0 Å². The Hall–Kier alpha value is -3.80. The number of aryl methyl sites for hydroxylation is 1. The first-order valence-corrected chi connectivity index (χ1v) is 11.8. The zero-order valence-electron chi connectivity index (χ0n) is 19.2. The number of hydrogen-bond donors (Lipinski definition) is 0. The van der Waals surface area contributed by atoms with Crippen molar-refractivity contribution in [2.45, 2.75) is 25.6 Å². The first-order valence-electron chi connectivity index (χ1n) is 11.0. The van der Waals surface area contributed by atoms with Gasteiger partial charge in [0.15, 0.2) is 0 Å². The molecule has 3 aromatic carbocycles. The van der Waals surface area contributed by atoms with Gasteiger partial charge in [-0.1, -0.05) is 12.1 Å². The third kappa shape index (κ3) is 5.40. The SMILES string of the molecule is O=CN1C(OCc2ccc(F)cc2F)=C(Br)C(=O)N(c2c(F)cccc2F)C1CCc1ccc(F)cc1F. The highest BCUT2D eigenvalue weighted by Crippen LogP contribution is 2.37. The number of halogens is 7. The lowest BCUT2D eigenvalue weighted by Crippen LogP contribution is -2.55. The van der Waals surface area contributed by atoms with E-state index in [1.807, 2.05) is 0 Å². The van der Waals surface area contributed by atoms with Gasteiger partial charge in [0.1, 0.15) is 57.8 Å². The van der Waals surface area contributed by atoms with Crippen molar-refractivity contribution in [3.63, 3.8) is 0 Å². The van der Waals surface area contributed by atoms with Gasteiger partial charge in [-0.3, -0.25) is 19.4 Å². The molecule has 0 radical (unpaired) electrons. The van der Waals surface area contributed by atoms with Crippen LogP contribution in [0.15, 0.2) is 65.0 Å². The Labute approximate surface area is 221 Å². The molecule has 12 heteroatoms. The number of amides is 2. The second-order valence-electron chi connectivity index (χ2n) is 8.16. The van der Waals surface area contributed by atoms with E-state index in [0.29, 0.717) is 17.0 Å². The fourth-order valence-electron chi connectivity index (χ4n) is 3.99. The van der Waals surface area contributed by atoms with Crippen molar-refractivity contribution in [1.82, 2.24) is 4.90 Å². The highest BCUT2D eigenvalue weighted by molar-refractivity contribution is 9.12. The van der Waals surface area contributed by atoms with Crippen LogP contribution in [0, 0.1) is 34.9 Å². The van der Waals surface area contributed by atoms with Crippen LogP contribution >= 0.6 is 15.9 Å². The number of para-hydroxylation sites is 1. The molecule has 4 rings (SSSR count). The predicted octanol–water partition coefficient (Wildman–Crippen LogP) is 6.07. The highest BCUT2D eigenvalue weighted by atomic mass is 79.9. The minimum Gasteiger partial charge on any atom is -0.473 e. The van der Waals surface area contributed by atoms with Gasteiger partial charge in [0.05, 0.1) is 0 Å². The fourth-order valence-corrected chi connectivity index (χ4v) is 4.50. The van der Waals surface area contributed by atoms with Gasteiger partial charge in [-0.05, 0) is 64.7 Å². The Morgan fingerprint density at radius 3 is 1.97 bits per heavy atom. The summed E-state index contributed by atoms with van der Waals surface area (Å²) in [5, 5.41) is 0. The lowest BCUT2D eigenvalue weighted by molar-refractivity contribution is -0.125. The molecule has 1 aliphatic heterocycles. The molecule has 0 fully saturated rings. The van der Waals surface area contributed by atoms with Gasteiger partial charge in [-0.15, -0.1) is 0 Å². The monoisotopic (exact) mass is 598 g/mol. The summed E-state index contributed by atoms with van der Waals surface area (Å²) in [6.07, 6.45) is -1.66. The number of nitrogens with zero attached hydrogens (tertiary/aromatic N) is 2. The lowest BCUT2D eigenvalue weighted by atomic mass is 10.0. The Morgan fingerprint density at radius 1 is 0.842 bits per heavy atom. The van der Waals surface area contributed by atoms with Crippen molar-refractivity contribution >= 4 is 33.9 Å². The molecule has 1 unspecified atom stereocenters. The maximum atomic E-state index is 14.8. The molecule has 3 aromatic rings. The van der Waals surface area contributed by atoms with Gasteiger partial charge >= 0.3 is 0 Å². The summed E-state index contributed by atoms with van der Waals surface area (Å²) < 4.78 is 89.7. The van der Waals surface area contributed by atoms with Crippen LogP contribution in [0.4, 0.5) is 32.0 Å². The largest absolute Gasteiger partial charge is 0.473 e. The number of rotatable bonds is 8. The molecule has 0 saturated carbocycles. The van der Waals surface area contributed by atoms with Crippen molar-refractivity contribution in [3.8, 4) is 0 Å². The highest BCUT2D eigenvalue weighted by Gasteiger charge is 2.43. The molecule has 1 heterocycles. The smallest absolute Gasteiger partial charge is 0.272 e. The van der Waals surface area contributed by atoms with Crippen LogP contribution in [-0.4, -0.2) is 23.4 Å². The fraction of sp³-hybridized carbons (Fsp3) is 0.154. The van der Waals surface area contributed by atoms with Crippen LogP contribution in [0.3, 0.4) is 0 Å². The molecular weight excluding hydrogens is 582 g/mol. The molecule has 198 valence electrons. The van der Waals surface area contributed by atoms with Crippen molar-refractivity contribution in [2.24, 2.45) is 0 Å². The summed E-state index contributed by atoms with van der Waals surface area (Å²) in [5.41, 5.74) is -0.859. The van der Waals surface area contributed by atoms with Crippen LogP contribution < -0.4 is 4.90 Å². The summed E-state index contributed by atoms with van der Waals surface area (Å²) in [6, 6.07) is 8.43. The van der Waals surface area contributed by atoms with Crippen LogP contribution in [-0.2, 0) is 27.4 Å². The van der Waals surface area contributed by atoms with Gasteiger partial charge in [0.2, 0.25) is 12.3 Å². The Morgan fingerprint density at radius 2 is 1.42 bits per heavy atom. The summed E-state index contributed by atoms with van der Waals surface area (Å²) in [7, 11) is 0. The zero-order valence-corrected chi connectivity index (χ0v) is 20.8. The van der Waals surface area contributed by atoms with E-state index in [2.05, 4.69) is 15.9 Å². The van der Waals surface area contributed by atoms with E-state index in [4.69, 9.17) is 4.74 Å². The Kier molecular flexibility index (Phi) is 8.10. The molecule has 0 aliphatic carbocycles. The van der Waals surface area contributed by atoms with Gasteiger partial charge in [-0.2, -0.15) is 0 Å². The second-order valence-corrected chi connectivity index (χ2v) is 8.95. The van der Waals surface area contributed by atoms with E-state index in [0.717, 1.165) is 47.4 Å². The van der Waals surface area contributed by atoms with Crippen molar-refractivity contribution < 1.29 is 40.7 Å². The van der Waals surface area contributed by atoms with E-state index in [1.165, 1.54) is 0 Å². The first kappa shape index (κ1) is 27.2. The Bertz CT molecular complexity index is 1410. The standard InChI is InChI=1S/C26H17BrF6N2O3/c27-23-25(37)35(24-18(30)2-1-3-19(24)31)22(9-6-14-4-7-16(28)10-20(14)32)34(13-36)26(23)38-12-15-5-8-17(29)11-21(15)33/h1-5,7-8,10-11,13,22H,6,9,12H2. The molecule has 0 aromatic heterocycles. The maximum absolute atomic E-state index is 14.8. The van der Waals surface area contributed by atoms with E-state index in [9.17, 15) is 35.9 Å². The van der Waals surface area contributed by atoms with E-state index in [-0.39, 0.29) is 30.4 Å². The van der Waals surface area contributed by atoms with Gasteiger partial charge in [0.25, 0.3) is 5.91 Å². The molecule has 5 nitrogen and oxygen atoms in total. The normalized spacial score (nSPS) is 15.8. The van der Waals surface area contributed by atoms with Crippen molar-refractivity contribution in [3.05, 3.63) is 111 Å². The zero-order chi connectivity index (χ0) is 27.6. The molecule has 0 saturated heterocycles. The van der Waals surface area contributed by atoms with Crippen LogP contribution in [0.1, 0.15) is 17.5 Å². The maximum Gasteiger partial charge on any atom is 0.272 e. The van der Waals surface area contributed by atoms with Crippen LogP contribution in [0.2, 0.25) is 0 Å². The molecule has 0 bridgehead atoms. The molecule has 2 amide bonds. The molecule has 1 aliphatic rings. The lowest BCUT2D eigenvalue weighted by Gasteiger charge is -2.42. The first-order chi connectivity index (χ1) is 18.1. The van der Waals surface area contributed by atoms with Crippen LogP contribution in [0.25, 0.3) is 0 Å². The third-order valence-electron chi connectivity index (χ3n) is 5.81. The summed E-state index contributed by atoms with van der Waals surface area (Å²) >= 11 is 3.00. The van der Waals surface area contributed by atoms with Gasteiger partial charge in [0, 0.05) is 17.7 Å². The number of anilines is 1. The van der Waals surface area contributed by atoms with E-state index < -0.39 is 69.6 Å². The Balaban J connectivity index is 1.75. The number of carbonyl (C=O) groups is 2. The molecule has 38 heavy (non-hydrogen) atoms. The van der Waals surface area contributed by atoms with E-state index in [1.54, 1.807) is 0 Å². The summed E-state index contributed by atoms with van der Waals surface area (Å²) in [6.45, 7) is -0.540. The number of ether oxygens (including phenoxy) is 1. The number of hydrogen-bond acceptors (Lipinski definition) is 3. The third-order valence-corrected chi connectivity index (χ3v) is 6.48. The molecule has 1 atom stereocenters. The average Bonchev–Trinajstić information content (AvgIpc) is 2.86. The quantitative estimate of drug-likeness (QED) is 0.234. The minimum atomic E-state index is -1.44. The molecule has 0 N–H and O–H groups in total. The van der Waals surface area contributed by atoms with Crippen molar-refractivity contribution in [2.75, 3.05) is 4.90 Å².